The molecule has 1 aromatic carbocycles. The van der Waals surface area contributed by atoms with E-state index in [2.05, 4.69) is 19.2 Å². The third kappa shape index (κ3) is 4.87. The van der Waals surface area contributed by atoms with E-state index in [1.54, 1.807) is 0 Å². The smallest absolute Gasteiger partial charge is 0.223 e. The molecule has 1 aliphatic carbocycles. The number of benzene rings is 1. The van der Waals surface area contributed by atoms with Crippen LogP contribution in [0.15, 0.2) is 24.3 Å². The molecule has 0 aromatic heterocycles. The molecule has 0 heterocycles. The fraction of sp³-hybridized carbons (Fsp3) is 0.562. The lowest BCUT2D eigenvalue weighted by Crippen LogP contribution is -2.36. The number of halogens is 2. The number of carbonyl (C=O) groups excluding carboxylic acids is 1. The predicted molar refractivity (Wildman–Crippen MR) is 89.7 cm³/mol. The van der Waals surface area contributed by atoms with Crippen LogP contribution >= 0.6 is 24.0 Å². The minimum Gasteiger partial charge on any atom is -0.349 e. The summed E-state index contributed by atoms with van der Waals surface area (Å²) in [5, 5.41) is 3.89. The highest BCUT2D eigenvalue weighted by Gasteiger charge is 2.29. The van der Waals surface area contributed by atoms with Crippen molar-refractivity contribution in [2.75, 3.05) is 0 Å². The summed E-state index contributed by atoms with van der Waals surface area (Å²) in [7, 11) is 0. The highest BCUT2D eigenvalue weighted by atomic mass is 35.5. The molecule has 3 atom stereocenters. The zero-order valence-corrected chi connectivity index (χ0v) is 14.1. The van der Waals surface area contributed by atoms with E-state index in [1.807, 2.05) is 24.3 Å². The molecule has 0 aliphatic heterocycles. The van der Waals surface area contributed by atoms with Gasteiger partial charge in [-0.2, -0.15) is 0 Å². The molecule has 1 saturated carbocycles. The lowest BCUT2D eigenvalue weighted by molar-refractivity contribution is -0.125. The molecule has 1 amide bonds. The molecule has 3 nitrogen and oxygen atoms in total. The minimum atomic E-state index is 0. The van der Waals surface area contributed by atoms with Crippen molar-refractivity contribution < 1.29 is 4.79 Å². The molecular formula is C16H24Cl2N2O. The van der Waals surface area contributed by atoms with Crippen molar-refractivity contribution in [2.45, 2.75) is 45.2 Å². The van der Waals surface area contributed by atoms with Crippen molar-refractivity contribution in [3.05, 3.63) is 34.9 Å². The van der Waals surface area contributed by atoms with Gasteiger partial charge >= 0.3 is 0 Å². The van der Waals surface area contributed by atoms with Gasteiger partial charge in [0, 0.05) is 17.0 Å². The van der Waals surface area contributed by atoms with E-state index in [-0.39, 0.29) is 36.3 Å². The molecule has 5 heteroatoms. The SMILES string of the molecule is CC(C)C(NC(=O)C1CCC(N)C1)c1ccc(Cl)cc1.Cl. The Hall–Kier alpha value is -0.770. The highest BCUT2D eigenvalue weighted by Crippen LogP contribution is 2.28. The quantitative estimate of drug-likeness (QED) is 0.884. The second-order valence-corrected chi connectivity index (χ2v) is 6.49. The van der Waals surface area contributed by atoms with Gasteiger partial charge in [-0.1, -0.05) is 37.6 Å². The Kier molecular flexibility index (Phi) is 6.98. The van der Waals surface area contributed by atoms with Gasteiger partial charge < -0.3 is 11.1 Å². The first-order valence-electron chi connectivity index (χ1n) is 7.28. The summed E-state index contributed by atoms with van der Waals surface area (Å²) >= 11 is 5.92. The fourth-order valence-electron chi connectivity index (χ4n) is 2.83. The van der Waals surface area contributed by atoms with Crippen molar-refractivity contribution in [3.63, 3.8) is 0 Å². The third-order valence-electron chi connectivity index (χ3n) is 4.04. The monoisotopic (exact) mass is 330 g/mol. The number of nitrogens with one attached hydrogen (secondary N) is 1. The molecule has 3 N–H and O–H groups in total. The Morgan fingerprint density at radius 2 is 1.90 bits per heavy atom. The Bertz CT molecular complexity index is 462. The third-order valence-corrected chi connectivity index (χ3v) is 4.29. The van der Waals surface area contributed by atoms with Crippen LogP contribution in [0, 0.1) is 11.8 Å². The summed E-state index contributed by atoms with van der Waals surface area (Å²) in [6, 6.07) is 7.89. The Balaban J connectivity index is 0.00000220. The molecule has 1 aliphatic rings. The lowest BCUT2D eigenvalue weighted by atomic mass is 9.95. The standard InChI is InChI=1S/C16H23ClN2O.ClH/c1-10(2)15(11-3-6-13(17)7-4-11)19-16(20)12-5-8-14(18)9-12;/h3-4,6-7,10,12,14-15H,5,8-9,18H2,1-2H3,(H,19,20);1H. The summed E-state index contributed by atoms with van der Waals surface area (Å²) in [6.07, 6.45) is 2.65. The molecule has 1 fully saturated rings. The normalized spacial score (nSPS) is 22.7. The Morgan fingerprint density at radius 1 is 1.29 bits per heavy atom. The van der Waals surface area contributed by atoms with Crippen molar-refractivity contribution in [3.8, 4) is 0 Å². The van der Waals surface area contributed by atoms with Gasteiger partial charge in [-0.05, 0) is 42.9 Å². The molecule has 3 unspecified atom stereocenters. The maximum atomic E-state index is 12.4. The molecule has 1 aromatic rings. The van der Waals surface area contributed by atoms with Gasteiger partial charge in [0.05, 0.1) is 6.04 Å². The summed E-state index contributed by atoms with van der Waals surface area (Å²) in [6.45, 7) is 4.22. The maximum Gasteiger partial charge on any atom is 0.223 e. The molecule has 2 rings (SSSR count). The fourth-order valence-corrected chi connectivity index (χ4v) is 2.96. The van der Waals surface area contributed by atoms with E-state index in [1.165, 1.54) is 0 Å². The maximum absolute atomic E-state index is 12.4. The topological polar surface area (TPSA) is 55.1 Å². The van der Waals surface area contributed by atoms with Gasteiger partial charge in [-0.15, -0.1) is 12.4 Å². The number of amides is 1. The number of hydrogen-bond acceptors (Lipinski definition) is 2. The molecular weight excluding hydrogens is 307 g/mol. The zero-order chi connectivity index (χ0) is 14.7. The van der Waals surface area contributed by atoms with E-state index in [0.717, 1.165) is 24.8 Å². The van der Waals surface area contributed by atoms with Crippen LogP contribution in [-0.2, 0) is 4.79 Å². The molecule has 0 spiro atoms. The summed E-state index contributed by atoms with van der Waals surface area (Å²) in [5.41, 5.74) is 6.98. The largest absolute Gasteiger partial charge is 0.349 e. The number of carbonyl (C=O) groups is 1. The average Bonchev–Trinajstić information content (AvgIpc) is 2.83. The zero-order valence-electron chi connectivity index (χ0n) is 12.5. The first kappa shape index (κ1) is 18.3. The van der Waals surface area contributed by atoms with E-state index < -0.39 is 0 Å². The second-order valence-electron chi connectivity index (χ2n) is 6.05. The molecule has 118 valence electrons. The van der Waals surface area contributed by atoms with E-state index >= 15 is 0 Å². The van der Waals surface area contributed by atoms with Crippen LogP contribution in [0.5, 0.6) is 0 Å². The van der Waals surface area contributed by atoms with Gasteiger partial charge in [-0.3, -0.25) is 4.79 Å². The van der Waals surface area contributed by atoms with Crippen molar-refractivity contribution in [1.29, 1.82) is 0 Å². The summed E-state index contributed by atoms with van der Waals surface area (Å²) in [5.74, 6) is 0.528. The number of hydrogen-bond donors (Lipinski definition) is 2. The Labute approximate surface area is 138 Å². The first-order chi connectivity index (χ1) is 9.47. The molecule has 0 radical (unpaired) electrons. The predicted octanol–water partition coefficient (Wildman–Crippen LogP) is 3.70. The van der Waals surface area contributed by atoms with Gasteiger partial charge in [0.15, 0.2) is 0 Å². The molecule has 0 bridgehead atoms. The van der Waals surface area contributed by atoms with Crippen LogP contribution in [0.25, 0.3) is 0 Å². The van der Waals surface area contributed by atoms with Gasteiger partial charge in [0.1, 0.15) is 0 Å². The van der Waals surface area contributed by atoms with Crippen LogP contribution in [0.2, 0.25) is 5.02 Å². The van der Waals surface area contributed by atoms with Gasteiger partial charge in [0.25, 0.3) is 0 Å². The van der Waals surface area contributed by atoms with Crippen LogP contribution in [0.1, 0.15) is 44.7 Å². The van der Waals surface area contributed by atoms with E-state index in [9.17, 15) is 4.79 Å². The average molecular weight is 331 g/mol. The minimum absolute atomic E-state index is 0. The first-order valence-corrected chi connectivity index (χ1v) is 7.66. The van der Waals surface area contributed by atoms with Crippen LogP contribution < -0.4 is 11.1 Å². The van der Waals surface area contributed by atoms with Gasteiger partial charge in [-0.25, -0.2) is 0 Å². The summed E-state index contributed by atoms with van der Waals surface area (Å²) < 4.78 is 0. The Morgan fingerprint density at radius 3 is 2.38 bits per heavy atom. The van der Waals surface area contributed by atoms with Crippen LogP contribution in [0.4, 0.5) is 0 Å². The second kappa shape index (κ2) is 8.02. The van der Waals surface area contributed by atoms with E-state index in [0.29, 0.717) is 10.9 Å². The molecule has 0 saturated heterocycles. The van der Waals surface area contributed by atoms with Crippen molar-refractivity contribution in [1.82, 2.24) is 5.32 Å². The van der Waals surface area contributed by atoms with Crippen molar-refractivity contribution in [2.24, 2.45) is 17.6 Å². The van der Waals surface area contributed by atoms with Crippen LogP contribution in [0.3, 0.4) is 0 Å². The summed E-state index contributed by atoms with van der Waals surface area (Å²) in [4.78, 5) is 12.4. The van der Waals surface area contributed by atoms with Gasteiger partial charge in [0.2, 0.25) is 5.91 Å². The lowest BCUT2D eigenvalue weighted by Gasteiger charge is -2.24. The number of nitrogens with two attached hydrogens (primary N) is 1. The van der Waals surface area contributed by atoms with Crippen molar-refractivity contribution >= 4 is 29.9 Å². The highest BCUT2D eigenvalue weighted by molar-refractivity contribution is 6.30. The van der Waals surface area contributed by atoms with E-state index in [4.69, 9.17) is 17.3 Å². The van der Waals surface area contributed by atoms with Crippen LogP contribution in [-0.4, -0.2) is 11.9 Å². The number of rotatable bonds is 4. The molecule has 21 heavy (non-hydrogen) atoms.